The van der Waals surface area contributed by atoms with Crippen molar-refractivity contribution in [3.63, 3.8) is 0 Å². The fourth-order valence-corrected chi connectivity index (χ4v) is 4.71. The SMILES string of the molecule is Cn1ccnc1-c1cc2nccc(Oc3ccc(NC(=O)NC(=O)Cc4ccccc4)cc3F)c2s1. The monoisotopic (exact) mass is 501 g/mol. The Labute approximate surface area is 209 Å². The minimum Gasteiger partial charge on any atom is -0.453 e. The van der Waals surface area contributed by atoms with Gasteiger partial charge in [-0.2, -0.15) is 0 Å². The molecule has 0 spiro atoms. The number of pyridine rings is 1. The molecule has 0 radical (unpaired) electrons. The summed E-state index contributed by atoms with van der Waals surface area (Å²) in [6, 6.07) is 15.9. The summed E-state index contributed by atoms with van der Waals surface area (Å²) < 4.78 is 23.4. The van der Waals surface area contributed by atoms with Crippen LogP contribution in [0.3, 0.4) is 0 Å². The largest absolute Gasteiger partial charge is 0.453 e. The second-order valence-corrected chi connectivity index (χ2v) is 8.96. The molecule has 180 valence electrons. The van der Waals surface area contributed by atoms with E-state index in [1.807, 2.05) is 42.1 Å². The molecular formula is C26H20FN5O3S. The van der Waals surface area contributed by atoms with Crippen molar-refractivity contribution in [1.29, 1.82) is 0 Å². The van der Waals surface area contributed by atoms with Crippen molar-refractivity contribution in [2.75, 3.05) is 5.32 Å². The molecule has 2 aromatic carbocycles. The van der Waals surface area contributed by atoms with Crippen molar-refractivity contribution in [1.82, 2.24) is 19.9 Å². The highest BCUT2D eigenvalue weighted by Gasteiger charge is 2.15. The molecule has 3 amide bonds. The number of amides is 3. The number of thiophene rings is 1. The number of imidazole rings is 1. The molecule has 0 atom stereocenters. The van der Waals surface area contributed by atoms with Crippen molar-refractivity contribution in [2.45, 2.75) is 6.42 Å². The van der Waals surface area contributed by atoms with Crippen LogP contribution >= 0.6 is 11.3 Å². The number of carbonyl (C=O) groups excluding carboxylic acids is 2. The van der Waals surface area contributed by atoms with E-state index in [1.54, 1.807) is 30.6 Å². The minimum absolute atomic E-state index is 0.0134. The fourth-order valence-electron chi connectivity index (χ4n) is 3.60. The Morgan fingerprint density at radius 2 is 1.86 bits per heavy atom. The number of hydrogen-bond acceptors (Lipinski definition) is 6. The maximum absolute atomic E-state index is 14.8. The molecule has 0 saturated carbocycles. The van der Waals surface area contributed by atoms with E-state index < -0.39 is 17.8 Å². The van der Waals surface area contributed by atoms with Crippen LogP contribution in [0.15, 0.2) is 79.3 Å². The highest BCUT2D eigenvalue weighted by molar-refractivity contribution is 7.22. The Balaban J connectivity index is 1.27. The zero-order valence-electron chi connectivity index (χ0n) is 19.1. The lowest BCUT2D eigenvalue weighted by molar-refractivity contribution is -0.119. The molecule has 5 rings (SSSR count). The van der Waals surface area contributed by atoms with Gasteiger partial charge in [0.25, 0.3) is 0 Å². The van der Waals surface area contributed by atoms with Crippen LogP contribution in [0.5, 0.6) is 11.5 Å². The molecular weight excluding hydrogens is 481 g/mol. The van der Waals surface area contributed by atoms with Crippen LogP contribution in [0.25, 0.3) is 20.9 Å². The third kappa shape index (κ3) is 5.08. The first-order chi connectivity index (χ1) is 17.5. The number of fused-ring (bicyclic) bond motifs is 1. The van der Waals surface area contributed by atoms with Gasteiger partial charge in [-0.1, -0.05) is 30.3 Å². The molecule has 0 aliphatic carbocycles. The van der Waals surface area contributed by atoms with Crippen molar-refractivity contribution in [3.05, 3.63) is 90.6 Å². The molecule has 3 heterocycles. The molecule has 36 heavy (non-hydrogen) atoms. The van der Waals surface area contributed by atoms with Gasteiger partial charge in [-0.3, -0.25) is 15.1 Å². The van der Waals surface area contributed by atoms with Gasteiger partial charge < -0.3 is 14.6 Å². The van der Waals surface area contributed by atoms with Crippen molar-refractivity contribution in [2.24, 2.45) is 7.05 Å². The lowest BCUT2D eigenvalue weighted by Crippen LogP contribution is -2.35. The van der Waals surface area contributed by atoms with E-state index >= 15 is 0 Å². The van der Waals surface area contributed by atoms with Crippen LogP contribution in [-0.2, 0) is 18.3 Å². The molecule has 0 aliphatic heterocycles. The predicted octanol–water partition coefficient (Wildman–Crippen LogP) is 5.52. The van der Waals surface area contributed by atoms with Crippen molar-refractivity contribution < 1.29 is 18.7 Å². The third-order valence-corrected chi connectivity index (χ3v) is 6.42. The minimum atomic E-state index is -0.750. The standard InChI is InChI=1S/C26H20FN5O3S/c1-32-12-11-29-25(32)22-15-19-24(36-22)21(9-10-28-19)35-20-8-7-17(14-18(20)27)30-26(34)31-23(33)13-16-5-3-2-4-6-16/h2-12,14-15H,13H2,1H3,(H2,30,31,33,34). The Kier molecular flexibility index (Phi) is 6.42. The summed E-state index contributed by atoms with van der Waals surface area (Å²) in [7, 11) is 1.90. The van der Waals surface area contributed by atoms with Gasteiger partial charge in [0.15, 0.2) is 11.6 Å². The van der Waals surface area contributed by atoms with E-state index in [1.165, 1.54) is 23.5 Å². The lowest BCUT2D eigenvalue weighted by Gasteiger charge is -2.10. The first-order valence-corrected chi connectivity index (χ1v) is 11.8. The third-order valence-electron chi connectivity index (χ3n) is 5.29. The first kappa shape index (κ1) is 23.2. The summed E-state index contributed by atoms with van der Waals surface area (Å²) in [5.74, 6) is 0.0944. The molecule has 0 bridgehead atoms. The van der Waals surface area contributed by atoms with Crippen LogP contribution in [0.1, 0.15) is 5.56 Å². The summed E-state index contributed by atoms with van der Waals surface area (Å²) in [6.45, 7) is 0. The predicted molar refractivity (Wildman–Crippen MR) is 136 cm³/mol. The maximum atomic E-state index is 14.8. The number of nitrogens with zero attached hydrogens (tertiary/aromatic N) is 3. The summed E-state index contributed by atoms with van der Waals surface area (Å²) >= 11 is 1.45. The molecule has 0 aliphatic rings. The number of imide groups is 1. The number of aryl methyl sites for hydroxylation is 1. The first-order valence-electron chi connectivity index (χ1n) is 10.9. The van der Waals surface area contributed by atoms with Gasteiger partial charge in [-0.05, 0) is 23.8 Å². The fraction of sp³-hybridized carbons (Fsp3) is 0.0769. The van der Waals surface area contributed by atoms with Crippen LogP contribution in [0, 0.1) is 5.82 Å². The molecule has 0 saturated heterocycles. The van der Waals surface area contributed by atoms with Gasteiger partial charge in [0.1, 0.15) is 11.6 Å². The van der Waals surface area contributed by atoms with E-state index in [-0.39, 0.29) is 17.9 Å². The quantitative estimate of drug-likeness (QED) is 0.319. The lowest BCUT2D eigenvalue weighted by atomic mass is 10.1. The summed E-state index contributed by atoms with van der Waals surface area (Å²) in [6.07, 6.45) is 5.22. The number of rotatable bonds is 6. The van der Waals surface area contributed by atoms with Crippen LogP contribution in [0.4, 0.5) is 14.9 Å². The Morgan fingerprint density at radius 3 is 2.61 bits per heavy atom. The number of halogens is 1. The zero-order valence-corrected chi connectivity index (χ0v) is 19.9. The number of ether oxygens (including phenoxy) is 1. The maximum Gasteiger partial charge on any atom is 0.325 e. The Hall–Kier alpha value is -4.57. The van der Waals surface area contributed by atoms with E-state index in [0.29, 0.717) is 11.3 Å². The van der Waals surface area contributed by atoms with Crippen LogP contribution in [0.2, 0.25) is 0 Å². The number of carbonyl (C=O) groups is 2. The topological polar surface area (TPSA) is 98.1 Å². The van der Waals surface area contributed by atoms with Crippen molar-refractivity contribution in [3.8, 4) is 22.2 Å². The highest BCUT2D eigenvalue weighted by atomic mass is 32.1. The van der Waals surface area contributed by atoms with E-state index in [9.17, 15) is 14.0 Å². The Bertz CT molecular complexity index is 1560. The summed E-state index contributed by atoms with van der Waals surface area (Å²) in [4.78, 5) is 33.9. The number of urea groups is 1. The normalized spacial score (nSPS) is 10.8. The van der Waals surface area contributed by atoms with Gasteiger partial charge in [0.2, 0.25) is 5.91 Å². The van der Waals surface area contributed by atoms with E-state index in [4.69, 9.17) is 4.74 Å². The smallest absolute Gasteiger partial charge is 0.325 e. The van der Waals surface area contributed by atoms with E-state index in [2.05, 4.69) is 20.6 Å². The molecule has 0 fully saturated rings. The summed E-state index contributed by atoms with van der Waals surface area (Å²) in [5.41, 5.74) is 1.67. The zero-order chi connectivity index (χ0) is 25.1. The van der Waals surface area contributed by atoms with Gasteiger partial charge in [-0.15, -0.1) is 11.3 Å². The van der Waals surface area contributed by atoms with Crippen molar-refractivity contribution >= 4 is 39.2 Å². The van der Waals surface area contributed by atoms with Gasteiger partial charge in [0, 0.05) is 43.5 Å². The number of benzene rings is 2. The Morgan fingerprint density at radius 1 is 1.03 bits per heavy atom. The molecule has 10 heteroatoms. The number of aromatic nitrogens is 3. The number of nitrogens with one attached hydrogen (secondary N) is 2. The van der Waals surface area contributed by atoms with Gasteiger partial charge in [-0.25, -0.2) is 14.2 Å². The average Bonchev–Trinajstić information content (AvgIpc) is 3.47. The van der Waals surface area contributed by atoms with Crippen LogP contribution < -0.4 is 15.4 Å². The average molecular weight is 502 g/mol. The highest BCUT2D eigenvalue weighted by Crippen LogP contribution is 2.39. The number of hydrogen-bond donors (Lipinski definition) is 2. The van der Waals surface area contributed by atoms with E-state index in [0.717, 1.165) is 27.0 Å². The van der Waals surface area contributed by atoms with Gasteiger partial charge >= 0.3 is 6.03 Å². The molecule has 2 N–H and O–H groups in total. The van der Waals surface area contributed by atoms with Gasteiger partial charge in [0.05, 0.1) is 21.5 Å². The molecule has 0 unspecified atom stereocenters. The number of anilines is 1. The molecule has 3 aromatic heterocycles. The molecule has 8 nitrogen and oxygen atoms in total. The van der Waals surface area contributed by atoms with Crippen LogP contribution in [-0.4, -0.2) is 26.5 Å². The molecule has 5 aromatic rings. The second-order valence-electron chi connectivity index (χ2n) is 7.91. The summed E-state index contributed by atoms with van der Waals surface area (Å²) in [5, 5.41) is 4.69. The second kappa shape index (κ2) is 9.96.